The first-order valence-electron chi connectivity index (χ1n) is 11.1. The standard InChI is InChI=1S/C24H30N6/c1-3-18-20-14-17(16-7-11-30(12-8-16)13-10-25-2)4-5-22(20)28-23(18)19-6-9-26-24-21(19)15-27-29-24/h4-6,9,14-16,25,28H,3,7-8,10-13H2,1-2H3,(H,26,27,29). The number of aromatic amines is 2. The van der Waals surface area contributed by atoms with Gasteiger partial charge in [-0.05, 0) is 74.6 Å². The van der Waals surface area contributed by atoms with Crippen molar-refractivity contribution in [3.05, 3.63) is 47.8 Å². The fraction of sp³-hybridized carbons (Fsp3) is 0.417. The van der Waals surface area contributed by atoms with Crippen LogP contribution in [-0.4, -0.2) is 58.3 Å². The quantitative estimate of drug-likeness (QED) is 0.455. The highest BCUT2D eigenvalue weighted by atomic mass is 15.1. The highest BCUT2D eigenvalue weighted by molar-refractivity contribution is 5.98. The zero-order valence-electron chi connectivity index (χ0n) is 17.8. The zero-order chi connectivity index (χ0) is 20.5. The highest BCUT2D eigenvalue weighted by Gasteiger charge is 2.22. The molecular formula is C24H30N6. The Hall–Kier alpha value is -2.70. The lowest BCUT2D eigenvalue weighted by molar-refractivity contribution is 0.214. The van der Waals surface area contributed by atoms with E-state index in [0.29, 0.717) is 5.92 Å². The van der Waals surface area contributed by atoms with Crippen LogP contribution in [0.15, 0.2) is 36.7 Å². The predicted octanol–water partition coefficient (Wildman–Crippen LogP) is 4.07. The van der Waals surface area contributed by atoms with Gasteiger partial charge >= 0.3 is 0 Å². The second-order valence-electron chi connectivity index (χ2n) is 8.35. The minimum absolute atomic E-state index is 0.657. The number of hydrogen-bond donors (Lipinski definition) is 3. The lowest BCUT2D eigenvalue weighted by Crippen LogP contribution is -2.37. The van der Waals surface area contributed by atoms with E-state index in [-0.39, 0.29) is 0 Å². The minimum Gasteiger partial charge on any atom is -0.354 e. The van der Waals surface area contributed by atoms with Gasteiger partial charge in [-0.25, -0.2) is 4.98 Å². The number of rotatable bonds is 6. The Bertz CT molecular complexity index is 1150. The molecule has 0 unspecified atom stereocenters. The van der Waals surface area contributed by atoms with Crippen LogP contribution in [0.1, 0.15) is 36.8 Å². The molecule has 156 valence electrons. The number of nitrogens with zero attached hydrogens (tertiary/aromatic N) is 3. The number of likely N-dealkylation sites (N-methyl/N-ethyl adjacent to an activating group) is 1. The van der Waals surface area contributed by atoms with Gasteiger partial charge in [0.15, 0.2) is 5.65 Å². The Morgan fingerprint density at radius 1 is 1.17 bits per heavy atom. The summed E-state index contributed by atoms with van der Waals surface area (Å²) in [5.74, 6) is 0.657. The molecule has 0 spiro atoms. The van der Waals surface area contributed by atoms with Crippen molar-refractivity contribution >= 4 is 21.9 Å². The molecule has 1 aliphatic heterocycles. The number of benzene rings is 1. The molecule has 4 aromatic rings. The maximum absolute atomic E-state index is 4.40. The molecule has 0 bridgehead atoms. The van der Waals surface area contributed by atoms with Gasteiger partial charge in [0.2, 0.25) is 0 Å². The van der Waals surface area contributed by atoms with E-state index >= 15 is 0 Å². The van der Waals surface area contributed by atoms with Crippen molar-refractivity contribution in [3.8, 4) is 11.3 Å². The smallest absolute Gasteiger partial charge is 0.155 e. The largest absolute Gasteiger partial charge is 0.354 e. The van der Waals surface area contributed by atoms with Crippen LogP contribution >= 0.6 is 0 Å². The minimum atomic E-state index is 0.657. The summed E-state index contributed by atoms with van der Waals surface area (Å²) in [6.45, 7) is 6.85. The Labute approximate surface area is 177 Å². The number of fused-ring (bicyclic) bond motifs is 2. The molecule has 1 saturated heterocycles. The van der Waals surface area contributed by atoms with Crippen LogP contribution in [0.2, 0.25) is 0 Å². The fourth-order valence-electron chi connectivity index (χ4n) is 4.95. The summed E-state index contributed by atoms with van der Waals surface area (Å²) >= 11 is 0. The third-order valence-electron chi connectivity index (χ3n) is 6.64. The molecule has 0 aliphatic carbocycles. The molecule has 1 aliphatic rings. The SMILES string of the molecule is CCc1c(-c2ccnc3[nH]ncc23)[nH]c2ccc(C3CCN(CCNC)CC3)cc12. The van der Waals surface area contributed by atoms with E-state index in [1.807, 2.05) is 19.4 Å². The molecule has 3 N–H and O–H groups in total. The van der Waals surface area contributed by atoms with Crippen molar-refractivity contribution in [3.63, 3.8) is 0 Å². The Kier molecular flexibility index (Phi) is 5.27. The molecule has 0 saturated carbocycles. The average molecular weight is 403 g/mol. The monoisotopic (exact) mass is 402 g/mol. The lowest BCUT2D eigenvalue weighted by Gasteiger charge is -2.32. The molecule has 30 heavy (non-hydrogen) atoms. The summed E-state index contributed by atoms with van der Waals surface area (Å²) in [6.07, 6.45) is 7.20. The lowest BCUT2D eigenvalue weighted by atomic mass is 9.88. The summed E-state index contributed by atoms with van der Waals surface area (Å²) in [7, 11) is 2.03. The van der Waals surface area contributed by atoms with Crippen LogP contribution in [-0.2, 0) is 6.42 Å². The molecule has 4 heterocycles. The summed E-state index contributed by atoms with van der Waals surface area (Å²) in [6, 6.07) is 9.13. The summed E-state index contributed by atoms with van der Waals surface area (Å²) in [5, 5.41) is 12.9. The van der Waals surface area contributed by atoms with Crippen LogP contribution in [0.4, 0.5) is 0 Å². The van der Waals surface area contributed by atoms with Crippen molar-refractivity contribution < 1.29 is 0 Å². The number of H-pyrrole nitrogens is 2. The van der Waals surface area contributed by atoms with Gasteiger partial charge in [-0.15, -0.1) is 0 Å². The topological polar surface area (TPSA) is 72.6 Å². The molecule has 1 aromatic carbocycles. The van der Waals surface area contributed by atoms with Crippen LogP contribution in [0, 0.1) is 0 Å². The van der Waals surface area contributed by atoms with Crippen molar-refractivity contribution in [1.29, 1.82) is 0 Å². The first-order valence-corrected chi connectivity index (χ1v) is 11.1. The third kappa shape index (κ3) is 3.40. The van der Waals surface area contributed by atoms with Crippen molar-refractivity contribution in [2.75, 3.05) is 33.2 Å². The summed E-state index contributed by atoms with van der Waals surface area (Å²) < 4.78 is 0. The van der Waals surface area contributed by atoms with Gasteiger partial charge in [0.25, 0.3) is 0 Å². The average Bonchev–Trinajstić information content (AvgIpc) is 3.41. The number of aromatic nitrogens is 4. The van der Waals surface area contributed by atoms with Crippen LogP contribution in [0.5, 0.6) is 0 Å². The van der Waals surface area contributed by atoms with E-state index in [1.165, 1.54) is 59.2 Å². The predicted molar refractivity (Wildman–Crippen MR) is 123 cm³/mol. The van der Waals surface area contributed by atoms with Crippen molar-refractivity contribution in [2.45, 2.75) is 32.1 Å². The molecule has 5 rings (SSSR count). The van der Waals surface area contributed by atoms with Crippen LogP contribution in [0.3, 0.4) is 0 Å². The molecule has 0 atom stereocenters. The van der Waals surface area contributed by atoms with Gasteiger partial charge in [0.1, 0.15) is 0 Å². The van der Waals surface area contributed by atoms with Crippen LogP contribution < -0.4 is 5.32 Å². The van der Waals surface area contributed by atoms with E-state index in [4.69, 9.17) is 0 Å². The number of nitrogens with one attached hydrogen (secondary N) is 3. The third-order valence-corrected chi connectivity index (χ3v) is 6.64. The Morgan fingerprint density at radius 2 is 2.03 bits per heavy atom. The van der Waals surface area contributed by atoms with Gasteiger partial charge in [-0.3, -0.25) is 5.10 Å². The van der Waals surface area contributed by atoms with Crippen molar-refractivity contribution in [1.82, 2.24) is 30.4 Å². The number of aryl methyl sites for hydroxylation is 1. The number of hydrogen-bond acceptors (Lipinski definition) is 4. The van der Waals surface area contributed by atoms with Gasteiger partial charge < -0.3 is 15.2 Å². The van der Waals surface area contributed by atoms with Gasteiger partial charge in [-0.2, -0.15) is 5.10 Å². The molecule has 0 radical (unpaired) electrons. The first kappa shape index (κ1) is 19.3. The van der Waals surface area contributed by atoms with E-state index in [2.05, 4.69) is 61.6 Å². The summed E-state index contributed by atoms with van der Waals surface area (Å²) in [4.78, 5) is 10.7. The van der Waals surface area contributed by atoms with Crippen LogP contribution in [0.25, 0.3) is 33.2 Å². The van der Waals surface area contributed by atoms with E-state index in [0.717, 1.165) is 30.5 Å². The Morgan fingerprint density at radius 3 is 2.83 bits per heavy atom. The molecule has 3 aromatic heterocycles. The first-order chi connectivity index (χ1) is 14.8. The van der Waals surface area contributed by atoms with E-state index in [1.54, 1.807) is 0 Å². The van der Waals surface area contributed by atoms with Gasteiger partial charge in [-0.1, -0.05) is 13.0 Å². The molecule has 6 heteroatoms. The highest BCUT2D eigenvalue weighted by Crippen LogP contribution is 2.36. The fourth-order valence-corrected chi connectivity index (χ4v) is 4.95. The number of piperidine rings is 1. The number of pyridine rings is 1. The maximum atomic E-state index is 4.40. The normalized spacial score (nSPS) is 16.1. The zero-order valence-corrected chi connectivity index (χ0v) is 17.8. The second-order valence-corrected chi connectivity index (χ2v) is 8.35. The molecule has 1 fully saturated rings. The Balaban J connectivity index is 1.48. The van der Waals surface area contributed by atoms with Gasteiger partial charge in [0, 0.05) is 41.1 Å². The summed E-state index contributed by atoms with van der Waals surface area (Å²) in [5.41, 5.74) is 7.28. The van der Waals surface area contributed by atoms with Crippen molar-refractivity contribution in [2.24, 2.45) is 0 Å². The molecule has 0 amide bonds. The second kappa shape index (κ2) is 8.20. The van der Waals surface area contributed by atoms with E-state index in [9.17, 15) is 0 Å². The number of likely N-dealkylation sites (tertiary alicyclic amines) is 1. The van der Waals surface area contributed by atoms with Gasteiger partial charge in [0.05, 0.1) is 11.9 Å². The maximum Gasteiger partial charge on any atom is 0.155 e. The molecule has 6 nitrogen and oxygen atoms in total. The van der Waals surface area contributed by atoms with E-state index < -0.39 is 0 Å². The molecular weight excluding hydrogens is 372 g/mol.